The number of benzene rings is 1. The molecule has 3 rings (SSSR count). The van der Waals surface area contributed by atoms with Crippen LogP contribution in [0.25, 0.3) is 16.7 Å². The number of carbonyl (C=O) groups is 1. The summed E-state index contributed by atoms with van der Waals surface area (Å²) < 4.78 is 37.1. The van der Waals surface area contributed by atoms with E-state index in [2.05, 4.69) is 11.1 Å². The second-order valence-electron chi connectivity index (χ2n) is 5.82. The van der Waals surface area contributed by atoms with Crippen molar-refractivity contribution in [3.63, 3.8) is 0 Å². The van der Waals surface area contributed by atoms with Crippen LogP contribution in [0.5, 0.6) is 0 Å². The van der Waals surface area contributed by atoms with Gasteiger partial charge in [0.2, 0.25) is 5.91 Å². The van der Waals surface area contributed by atoms with Gasteiger partial charge < -0.3 is 4.90 Å². The first kappa shape index (κ1) is 17.2. The smallest absolute Gasteiger partial charge is 0.338 e. The first-order valence-electron chi connectivity index (χ1n) is 7.88. The number of pyridine rings is 1. The second kappa shape index (κ2) is 7.09. The fourth-order valence-electron chi connectivity index (χ4n) is 2.89. The predicted molar refractivity (Wildman–Crippen MR) is 88.4 cm³/mol. The molecule has 1 aromatic carbocycles. The molecule has 0 saturated carbocycles. The van der Waals surface area contributed by atoms with Crippen LogP contribution in [0.3, 0.4) is 0 Å². The van der Waals surface area contributed by atoms with Gasteiger partial charge in [0, 0.05) is 31.0 Å². The summed E-state index contributed by atoms with van der Waals surface area (Å²) >= 11 is 0. The van der Waals surface area contributed by atoms with Crippen molar-refractivity contribution in [1.82, 2.24) is 9.88 Å². The average molecular weight is 345 g/mol. The number of alkyl halides is 3. The number of nitrogens with zero attached hydrogens (tertiary/aromatic N) is 2. The molecule has 1 aliphatic rings. The molecule has 1 radical (unpaired) electrons. The highest BCUT2D eigenvalue weighted by atomic mass is 19.4. The lowest BCUT2D eigenvalue weighted by Gasteiger charge is -2.27. The molecule has 1 aromatic heterocycles. The fourth-order valence-corrected chi connectivity index (χ4v) is 2.89. The van der Waals surface area contributed by atoms with Gasteiger partial charge in [-0.3, -0.25) is 9.78 Å². The number of halogens is 3. The fraction of sp³-hybridized carbons (Fsp3) is 0.263. The topological polar surface area (TPSA) is 33.2 Å². The van der Waals surface area contributed by atoms with Gasteiger partial charge in [-0.05, 0) is 41.3 Å². The standard InChI is InChI=1S/C19H16F3N2O/c20-19(21,22)12-18(25)24-10-7-14(8-11-24)16-5-1-2-6-17(16)15-4-3-9-23-13-15/h1,3-7,9,13H,8,10-12H2. The Morgan fingerprint density at radius 1 is 1.28 bits per heavy atom. The molecule has 0 saturated heterocycles. The molecule has 0 bridgehead atoms. The van der Waals surface area contributed by atoms with E-state index < -0.39 is 18.5 Å². The molecule has 0 fully saturated rings. The molecular weight excluding hydrogens is 329 g/mol. The number of rotatable bonds is 3. The first-order valence-corrected chi connectivity index (χ1v) is 7.88. The van der Waals surface area contributed by atoms with Crippen LogP contribution in [-0.2, 0) is 4.79 Å². The van der Waals surface area contributed by atoms with E-state index >= 15 is 0 Å². The lowest BCUT2D eigenvalue weighted by Crippen LogP contribution is -2.37. The Labute approximate surface area is 143 Å². The van der Waals surface area contributed by atoms with E-state index in [0.29, 0.717) is 6.42 Å². The highest BCUT2D eigenvalue weighted by Gasteiger charge is 2.33. The van der Waals surface area contributed by atoms with Crippen molar-refractivity contribution < 1.29 is 18.0 Å². The molecular formula is C19H16F3N2O. The summed E-state index contributed by atoms with van der Waals surface area (Å²) in [6.45, 7) is 0.473. The highest BCUT2D eigenvalue weighted by molar-refractivity contribution is 5.83. The van der Waals surface area contributed by atoms with Crippen LogP contribution in [0.1, 0.15) is 18.4 Å². The predicted octanol–water partition coefficient (Wildman–Crippen LogP) is 4.12. The van der Waals surface area contributed by atoms with Gasteiger partial charge in [0.25, 0.3) is 0 Å². The third kappa shape index (κ3) is 4.26. The van der Waals surface area contributed by atoms with Gasteiger partial charge in [0.05, 0.1) is 0 Å². The molecule has 129 valence electrons. The maximum atomic E-state index is 12.4. The van der Waals surface area contributed by atoms with E-state index in [-0.39, 0.29) is 13.1 Å². The molecule has 1 aliphatic heterocycles. The Morgan fingerprint density at radius 3 is 2.76 bits per heavy atom. The minimum atomic E-state index is -4.47. The van der Waals surface area contributed by atoms with Crippen molar-refractivity contribution >= 4 is 11.5 Å². The quantitative estimate of drug-likeness (QED) is 0.838. The molecule has 1 amide bonds. The number of aromatic nitrogens is 1. The molecule has 2 aromatic rings. The zero-order valence-corrected chi connectivity index (χ0v) is 13.4. The maximum absolute atomic E-state index is 12.4. The summed E-state index contributed by atoms with van der Waals surface area (Å²) in [6, 6.07) is 12.4. The first-order chi connectivity index (χ1) is 11.9. The normalized spacial score (nSPS) is 15.0. The Morgan fingerprint density at radius 2 is 2.12 bits per heavy atom. The maximum Gasteiger partial charge on any atom is 0.397 e. The summed E-state index contributed by atoms with van der Waals surface area (Å²) in [7, 11) is 0. The average Bonchev–Trinajstić information content (AvgIpc) is 2.61. The summed E-state index contributed by atoms with van der Waals surface area (Å²) in [5.41, 5.74) is 3.93. The molecule has 0 atom stereocenters. The van der Waals surface area contributed by atoms with Crippen molar-refractivity contribution in [2.75, 3.05) is 13.1 Å². The molecule has 3 nitrogen and oxygen atoms in total. The van der Waals surface area contributed by atoms with Crippen molar-refractivity contribution in [2.45, 2.75) is 19.0 Å². The number of hydrogen-bond donors (Lipinski definition) is 0. The minimum Gasteiger partial charge on any atom is -0.338 e. The molecule has 2 heterocycles. The van der Waals surface area contributed by atoms with Crippen LogP contribution >= 0.6 is 0 Å². The second-order valence-corrected chi connectivity index (χ2v) is 5.82. The van der Waals surface area contributed by atoms with Gasteiger partial charge in [0.15, 0.2) is 0 Å². The van der Waals surface area contributed by atoms with Crippen LogP contribution in [-0.4, -0.2) is 35.1 Å². The Balaban J connectivity index is 1.80. The van der Waals surface area contributed by atoms with Crippen LogP contribution in [0.2, 0.25) is 0 Å². The zero-order valence-electron chi connectivity index (χ0n) is 13.4. The number of carbonyl (C=O) groups excluding carboxylic acids is 1. The van der Waals surface area contributed by atoms with Gasteiger partial charge in [-0.1, -0.05) is 24.3 Å². The monoisotopic (exact) mass is 345 g/mol. The molecule has 0 unspecified atom stereocenters. The van der Waals surface area contributed by atoms with Crippen LogP contribution in [0.15, 0.2) is 48.8 Å². The van der Waals surface area contributed by atoms with Crippen molar-refractivity contribution in [1.29, 1.82) is 0 Å². The third-order valence-corrected chi connectivity index (χ3v) is 4.10. The summed E-state index contributed by atoms with van der Waals surface area (Å²) in [4.78, 5) is 17.1. The summed E-state index contributed by atoms with van der Waals surface area (Å²) in [5, 5.41) is 0. The largest absolute Gasteiger partial charge is 0.397 e. The summed E-state index contributed by atoms with van der Waals surface area (Å²) in [6.07, 6.45) is -0.0792. The lowest BCUT2D eigenvalue weighted by molar-refractivity contribution is -0.161. The van der Waals surface area contributed by atoms with E-state index in [4.69, 9.17) is 0 Å². The molecule has 0 spiro atoms. The van der Waals surface area contributed by atoms with E-state index in [1.165, 1.54) is 4.90 Å². The minimum absolute atomic E-state index is 0.190. The number of hydrogen-bond acceptors (Lipinski definition) is 2. The Bertz CT molecular complexity index is 785. The molecule has 6 heteroatoms. The van der Waals surface area contributed by atoms with Gasteiger partial charge in [0.1, 0.15) is 6.42 Å². The SMILES string of the molecule is O=C(CC(F)(F)F)N1CC=C(c2cc[c]cc2-c2cccnc2)CC1. The van der Waals surface area contributed by atoms with E-state index in [1.807, 2.05) is 30.3 Å². The van der Waals surface area contributed by atoms with Crippen molar-refractivity contribution in [2.24, 2.45) is 0 Å². The van der Waals surface area contributed by atoms with Gasteiger partial charge in [-0.25, -0.2) is 0 Å². The van der Waals surface area contributed by atoms with Crippen molar-refractivity contribution in [3.8, 4) is 11.1 Å². The van der Waals surface area contributed by atoms with Gasteiger partial charge in [-0.2, -0.15) is 13.2 Å². The van der Waals surface area contributed by atoms with E-state index in [0.717, 1.165) is 22.3 Å². The van der Waals surface area contributed by atoms with Gasteiger partial charge in [-0.15, -0.1) is 0 Å². The molecule has 0 aliphatic carbocycles. The number of amides is 1. The summed E-state index contributed by atoms with van der Waals surface area (Å²) in [5.74, 6) is -0.878. The van der Waals surface area contributed by atoms with E-state index in [9.17, 15) is 18.0 Å². The zero-order chi connectivity index (χ0) is 17.9. The van der Waals surface area contributed by atoms with Crippen LogP contribution in [0.4, 0.5) is 13.2 Å². The highest BCUT2D eigenvalue weighted by Crippen LogP contribution is 2.32. The Hall–Kier alpha value is -2.63. The van der Waals surface area contributed by atoms with Gasteiger partial charge >= 0.3 is 6.18 Å². The van der Waals surface area contributed by atoms with E-state index in [1.54, 1.807) is 18.5 Å². The van der Waals surface area contributed by atoms with Crippen molar-refractivity contribution in [3.05, 3.63) is 60.4 Å². The third-order valence-electron chi connectivity index (χ3n) is 4.10. The molecule has 25 heavy (non-hydrogen) atoms. The van der Waals surface area contributed by atoms with Crippen LogP contribution < -0.4 is 0 Å². The van der Waals surface area contributed by atoms with Crippen LogP contribution in [0, 0.1) is 6.07 Å². The lowest BCUT2D eigenvalue weighted by atomic mass is 9.92. The Kier molecular flexibility index (Phi) is 4.88. The molecule has 0 N–H and O–H groups in total.